The molecule has 7 nitrogen and oxygen atoms in total. The van der Waals surface area contributed by atoms with Gasteiger partial charge in [-0.05, 0) is 68.7 Å². The van der Waals surface area contributed by atoms with Gasteiger partial charge in [-0.1, -0.05) is 18.2 Å². The van der Waals surface area contributed by atoms with E-state index in [0.717, 1.165) is 27.9 Å². The van der Waals surface area contributed by atoms with Crippen molar-refractivity contribution in [3.05, 3.63) is 59.2 Å². The van der Waals surface area contributed by atoms with E-state index >= 15 is 0 Å². The van der Waals surface area contributed by atoms with Crippen molar-refractivity contribution in [2.75, 3.05) is 16.8 Å². The maximum Gasteiger partial charge on any atom is 0.244 e. The number of nitrogens with one attached hydrogen (secondary N) is 1. The van der Waals surface area contributed by atoms with Crippen LogP contribution in [-0.2, 0) is 24.7 Å². The molecule has 2 aromatic carbocycles. The lowest BCUT2D eigenvalue weighted by Gasteiger charge is -2.29. The van der Waals surface area contributed by atoms with Gasteiger partial charge in [0.1, 0.15) is 6.04 Å². The number of anilines is 1. The topological polar surface area (TPSA) is 101 Å². The molecule has 164 valence electrons. The van der Waals surface area contributed by atoms with E-state index in [2.05, 4.69) is 5.32 Å². The van der Waals surface area contributed by atoms with E-state index in [-0.39, 0.29) is 4.90 Å². The molecule has 1 N–H and O–H groups in total. The predicted octanol–water partition coefficient (Wildman–Crippen LogP) is 2.74. The lowest BCUT2D eigenvalue weighted by atomic mass is 10.1. The first-order valence-corrected chi connectivity index (χ1v) is 13.1. The SMILES string of the molecule is Cc1ccc(N([C@H](C)C(=O)N[C@H](C)c2ccc(S(C)(=O)=O)cc2)S(C)(=O)=O)cc1C. The number of sulfone groups is 1. The molecule has 0 heterocycles. The molecule has 0 spiro atoms. The average molecular weight is 453 g/mol. The van der Waals surface area contributed by atoms with Crippen LogP contribution in [0.15, 0.2) is 47.4 Å². The Morgan fingerprint density at radius 1 is 0.900 bits per heavy atom. The lowest BCUT2D eigenvalue weighted by molar-refractivity contribution is -0.122. The van der Waals surface area contributed by atoms with Crippen LogP contribution in [0.5, 0.6) is 0 Å². The summed E-state index contributed by atoms with van der Waals surface area (Å²) in [6, 6.07) is 10.1. The first kappa shape index (κ1) is 23.9. The van der Waals surface area contributed by atoms with Crippen LogP contribution in [-0.4, -0.2) is 41.3 Å². The first-order valence-electron chi connectivity index (χ1n) is 9.39. The van der Waals surface area contributed by atoms with Crippen molar-refractivity contribution in [1.82, 2.24) is 5.32 Å². The van der Waals surface area contributed by atoms with Crippen molar-refractivity contribution in [3.8, 4) is 0 Å². The Kier molecular flexibility index (Phi) is 6.98. The molecule has 0 fully saturated rings. The fourth-order valence-corrected chi connectivity index (χ4v) is 4.89. The molecule has 0 aromatic heterocycles. The second-order valence-electron chi connectivity index (χ2n) is 7.57. The standard InChI is InChI=1S/C21H28N2O5S2/c1-14-7-10-19(13-15(14)2)23(30(6,27)28)17(4)21(24)22-16(3)18-8-11-20(12-9-18)29(5,25)26/h7-13,16-17H,1-6H3,(H,22,24)/t16-,17-/m1/s1. The Bertz CT molecular complexity index is 1140. The summed E-state index contributed by atoms with van der Waals surface area (Å²) in [5.41, 5.74) is 3.08. The van der Waals surface area contributed by atoms with Crippen molar-refractivity contribution >= 4 is 31.5 Å². The smallest absolute Gasteiger partial charge is 0.244 e. The molecular formula is C21H28N2O5S2. The number of nitrogens with zero attached hydrogens (tertiary/aromatic N) is 1. The first-order chi connectivity index (χ1) is 13.7. The highest BCUT2D eigenvalue weighted by Gasteiger charge is 2.30. The molecule has 0 aliphatic rings. The van der Waals surface area contributed by atoms with Crippen LogP contribution in [0.25, 0.3) is 0 Å². The summed E-state index contributed by atoms with van der Waals surface area (Å²) < 4.78 is 49.2. The molecule has 0 unspecified atom stereocenters. The summed E-state index contributed by atoms with van der Waals surface area (Å²) in [6.45, 7) is 7.09. The number of hydrogen-bond donors (Lipinski definition) is 1. The zero-order valence-electron chi connectivity index (χ0n) is 18.0. The van der Waals surface area contributed by atoms with Gasteiger partial charge in [0.25, 0.3) is 0 Å². The Hall–Kier alpha value is -2.39. The molecule has 0 radical (unpaired) electrons. The Labute approximate surface area is 179 Å². The van der Waals surface area contributed by atoms with Crippen LogP contribution >= 0.6 is 0 Å². The van der Waals surface area contributed by atoms with E-state index in [1.165, 1.54) is 19.1 Å². The maximum atomic E-state index is 12.9. The third-order valence-electron chi connectivity index (χ3n) is 5.00. The van der Waals surface area contributed by atoms with Crippen LogP contribution in [0.4, 0.5) is 5.69 Å². The normalized spacial score (nSPS) is 14.1. The van der Waals surface area contributed by atoms with Gasteiger partial charge in [0.2, 0.25) is 15.9 Å². The quantitative estimate of drug-likeness (QED) is 0.696. The van der Waals surface area contributed by atoms with E-state index in [4.69, 9.17) is 0 Å². The molecule has 0 aliphatic heterocycles. The van der Waals surface area contributed by atoms with E-state index in [1.807, 2.05) is 19.9 Å². The van der Waals surface area contributed by atoms with Gasteiger partial charge in [0.05, 0.1) is 22.9 Å². The number of carbonyl (C=O) groups excluding carboxylic acids is 1. The number of carbonyl (C=O) groups is 1. The number of benzene rings is 2. The molecule has 9 heteroatoms. The van der Waals surface area contributed by atoms with Crippen LogP contribution < -0.4 is 9.62 Å². The van der Waals surface area contributed by atoms with Gasteiger partial charge >= 0.3 is 0 Å². The number of aryl methyl sites for hydroxylation is 2. The van der Waals surface area contributed by atoms with Gasteiger partial charge in [0.15, 0.2) is 9.84 Å². The van der Waals surface area contributed by atoms with Gasteiger partial charge in [-0.25, -0.2) is 16.8 Å². The van der Waals surface area contributed by atoms with Crippen LogP contribution in [0, 0.1) is 13.8 Å². The summed E-state index contributed by atoms with van der Waals surface area (Å²) in [5.74, 6) is -0.460. The Morgan fingerprint density at radius 3 is 1.93 bits per heavy atom. The summed E-state index contributed by atoms with van der Waals surface area (Å²) in [6.07, 6.45) is 2.20. The largest absolute Gasteiger partial charge is 0.348 e. The Balaban J connectivity index is 2.25. The summed E-state index contributed by atoms with van der Waals surface area (Å²) >= 11 is 0. The average Bonchev–Trinajstić information content (AvgIpc) is 2.63. The predicted molar refractivity (Wildman–Crippen MR) is 119 cm³/mol. The second-order valence-corrected chi connectivity index (χ2v) is 11.4. The summed E-state index contributed by atoms with van der Waals surface area (Å²) in [7, 11) is -7.02. The third-order valence-corrected chi connectivity index (χ3v) is 7.37. The molecule has 0 saturated heterocycles. The van der Waals surface area contributed by atoms with E-state index in [0.29, 0.717) is 11.3 Å². The van der Waals surface area contributed by atoms with Crippen molar-refractivity contribution < 1.29 is 21.6 Å². The molecule has 0 saturated carbocycles. The molecule has 2 aromatic rings. The van der Waals surface area contributed by atoms with Crippen LogP contribution in [0.3, 0.4) is 0 Å². The van der Waals surface area contributed by atoms with Crippen LogP contribution in [0.1, 0.15) is 36.6 Å². The number of sulfonamides is 1. The third kappa shape index (κ3) is 5.60. The van der Waals surface area contributed by atoms with Crippen molar-refractivity contribution in [2.45, 2.75) is 44.7 Å². The number of rotatable bonds is 7. The van der Waals surface area contributed by atoms with E-state index in [1.54, 1.807) is 31.2 Å². The highest BCUT2D eigenvalue weighted by atomic mass is 32.2. The van der Waals surface area contributed by atoms with Crippen molar-refractivity contribution in [1.29, 1.82) is 0 Å². The molecule has 0 aliphatic carbocycles. The summed E-state index contributed by atoms with van der Waals surface area (Å²) in [5, 5.41) is 2.81. The molecule has 2 atom stereocenters. The minimum atomic E-state index is -3.71. The second kappa shape index (κ2) is 8.77. The number of amides is 1. The van der Waals surface area contributed by atoms with Gasteiger partial charge in [-0.15, -0.1) is 0 Å². The Morgan fingerprint density at radius 2 is 1.47 bits per heavy atom. The fourth-order valence-electron chi connectivity index (χ4n) is 3.09. The lowest BCUT2D eigenvalue weighted by Crippen LogP contribution is -2.48. The molecule has 30 heavy (non-hydrogen) atoms. The van der Waals surface area contributed by atoms with Gasteiger partial charge in [-0.3, -0.25) is 9.10 Å². The zero-order valence-corrected chi connectivity index (χ0v) is 19.6. The monoisotopic (exact) mass is 452 g/mol. The highest BCUT2D eigenvalue weighted by Crippen LogP contribution is 2.24. The van der Waals surface area contributed by atoms with Crippen molar-refractivity contribution in [3.63, 3.8) is 0 Å². The highest BCUT2D eigenvalue weighted by molar-refractivity contribution is 7.92. The maximum absolute atomic E-state index is 12.9. The molecule has 0 bridgehead atoms. The van der Waals surface area contributed by atoms with Gasteiger partial charge in [0, 0.05) is 6.26 Å². The van der Waals surface area contributed by atoms with Gasteiger partial charge in [-0.2, -0.15) is 0 Å². The zero-order chi connectivity index (χ0) is 22.9. The van der Waals surface area contributed by atoms with Crippen molar-refractivity contribution in [2.24, 2.45) is 0 Å². The van der Waals surface area contributed by atoms with Crippen LogP contribution in [0.2, 0.25) is 0 Å². The molecule has 2 rings (SSSR count). The van der Waals surface area contributed by atoms with Gasteiger partial charge < -0.3 is 5.32 Å². The molecule has 1 amide bonds. The minimum absolute atomic E-state index is 0.191. The number of hydrogen-bond acceptors (Lipinski definition) is 5. The fraction of sp³-hybridized carbons (Fsp3) is 0.381. The minimum Gasteiger partial charge on any atom is -0.348 e. The van der Waals surface area contributed by atoms with E-state index in [9.17, 15) is 21.6 Å². The van der Waals surface area contributed by atoms with E-state index < -0.39 is 37.9 Å². The summed E-state index contributed by atoms with van der Waals surface area (Å²) in [4.78, 5) is 13.0. The molecular weight excluding hydrogens is 424 g/mol.